The summed E-state index contributed by atoms with van der Waals surface area (Å²) in [6.45, 7) is 1.64. The molecule has 156 valence electrons. The van der Waals surface area contributed by atoms with Crippen molar-refractivity contribution in [2.45, 2.75) is 89.4 Å². The minimum atomic E-state index is 0.525. The number of aliphatic imine (C=N–C) groups is 2. The van der Waals surface area contributed by atoms with Gasteiger partial charge in [-0.1, -0.05) is 38.5 Å². The van der Waals surface area contributed by atoms with Crippen LogP contribution in [-0.2, 0) is 13.1 Å². The van der Waals surface area contributed by atoms with E-state index < -0.39 is 0 Å². The zero-order valence-corrected chi connectivity index (χ0v) is 17.5. The van der Waals surface area contributed by atoms with Gasteiger partial charge in [-0.05, 0) is 49.9 Å². The first-order chi connectivity index (χ1) is 14.3. The van der Waals surface area contributed by atoms with E-state index in [4.69, 9.17) is 9.98 Å². The molecule has 2 heterocycles. The molecule has 3 N–H and O–H groups in total. The molecule has 0 aromatic carbocycles. The molecule has 0 spiro atoms. The predicted octanol–water partition coefficient (Wildman–Crippen LogP) is 5.14. The zero-order valence-electron chi connectivity index (χ0n) is 17.5. The van der Waals surface area contributed by atoms with Crippen LogP contribution >= 0.6 is 0 Å². The van der Waals surface area contributed by atoms with E-state index in [1.165, 1.54) is 75.6 Å². The Labute approximate surface area is 174 Å². The Kier molecular flexibility index (Phi) is 7.35. The first kappa shape index (κ1) is 20.1. The second-order valence-electron chi connectivity index (χ2n) is 8.62. The van der Waals surface area contributed by atoms with Gasteiger partial charge in [-0.2, -0.15) is 0 Å². The molecule has 2 aromatic heterocycles. The maximum atomic E-state index is 4.75. The molecule has 2 aliphatic rings. The van der Waals surface area contributed by atoms with Crippen LogP contribution in [0, 0.1) is 0 Å². The maximum absolute atomic E-state index is 4.75. The quantitative estimate of drug-likeness (QED) is 0.534. The molecule has 0 aliphatic heterocycles. The summed E-state index contributed by atoms with van der Waals surface area (Å²) in [6, 6.07) is 9.59. The fourth-order valence-electron chi connectivity index (χ4n) is 4.44. The summed E-state index contributed by atoms with van der Waals surface area (Å²) in [5.41, 5.74) is 4.60. The molecule has 2 aliphatic carbocycles. The second-order valence-corrected chi connectivity index (χ2v) is 8.62. The van der Waals surface area contributed by atoms with Crippen LogP contribution in [0.5, 0.6) is 0 Å². The highest BCUT2D eigenvalue weighted by atomic mass is 14.9. The second kappa shape index (κ2) is 10.6. The molecular weight excluding hydrogens is 358 g/mol. The lowest BCUT2D eigenvalue weighted by Crippen LogP contribution is -2.13. The molecule has 5 heteroatoms. The van der Waals surface area contributed by atoms with Gasteiger partial charge in [-0.3, -0.25) is 9.98 Å². The van der Waals surface area contributed by atoms with Gasteiger partial charge in [0.2, 0.25) is 0 Å². The highest BCUT2D eigenvalue weighted by Crippen LogP contribution is 2.21. The van der Waals surface area contributed by atoms with E-state index in [0.717, 1.165) is 24.5 Å². The Morgan fingerprint density at radius 2 is 1.14 bits per heavy atom. The molecule has 0 atom stereocenters. The van der Waals surface area contributed by atoms with Crippen LogP contribution in [0.3, 0.4) is 0 Å². The van der Waals surface area contributed by atoms with Crippen LogP contribution in [0.15, 0.2) is 34.3 Å². The highest BCUT2D eigenvalue weighted by molar-refractivity contribution is 5.77. The predicted molar refractivity (Wildman–Crippen MR) is 121 cm³/mol. The number of aromatic amines is 2. The molecule has 0 amide bonds. The molecule has 4 rings (SSSR count). The first-order valence-electron chi connectivity index (χ1n) is 11.5. The van der Waals surface area contributed by atoms with Crippen molar-refractivity contribution in [3.63, 3.8) is 0 Å². The third-order valence-corrected chi connectivity index (χ3v) is 6.17. The minimum absolute atomic E-state index is 0.525. The summed E-state index contributed by atoms with van der Waals surface area (Å²) in [7, 11) is 0. The van der Waals surface area contributed by atoms with E-state index in [9.17, 15) is 0 Å². The lowest BCUT2D eigenvalue weighted by molar-refractivity contribution is 0.444. The lowest BCUT2D eigenvalue weighted by Gasteiger charge is -2.16. The minimum Gasteiger partial charge on any atom is -0.357 e. The van der Waals surface area contributed by atoms with E-state index in [1.54, 1.807) is 0 Å². The molecule has 0 bridgehead atoms. The fourth-order valence-corrected chi connectivity index (χ4v) is 4.44. The third-order valence-electron chi connectivity index (χ3n) is 6.17. The molecule has 0 saturated heterocycles. The van der Waals surface area contributed by atoms with E-state index in [1.807, 2.05) is 12.4 Å². The Bertz CT molecular complexity index is 722. The van der Waals surface area contributed by atoms with Crippen molar-refractivity contribution in [3.8, 4) is 0 Å². The van der Waals surface area contributed by atoms with Gasteiger partial charge in [0.1, 0.15) is 0 Å². The number of rotatable bonds is 8. The van der Waals surface area contributed by atoms with Gasteiger partial charge >= 0.3 is 0 Å². The zero-order chi connectivity index (χ0) is 19.7. The summed E-state index contributed by atoms with van der Waals surface area (Å²) in [5.74, 6) is 0. The third kappa shape index (κ3) is 6.43. The number of nitrogens with zero attached hydrogens (tertiary/aromatic N) is 2. The van der Waals surface area contributed by atoms with Crippen LogP contribution in [0.1, 0.15) is 87.0 Å². The topological polar surface area (TPSA) is 68.3 Å². The van der Waals surface area contributed by atoms with Crippen molar-refractivity contribution in [3.05, 3.63) is 47.0 Å². The van der Waals surface area contributed by atoms with Gasteiger partial charge in [-0.15, -0.1) is 0 Å². The van der Waals surface area contributed by atoms with Crippen LogP contribution < -0.4 is 5.32 Å². The Morgan fingerprint density at radius 1 is 0.690 bits per heavy atom. The maximum Gasteiger partial charge on any atom is 0.0564 e. The summed E-state index contributed by atoms with van der Waals surface area (Å²) >= 11 is 0. The molecule has 0 unspecified atom stereocenters. The van der Waals surface area contributed by atoms with Gasteiger partial charge in [0, 0.05) is 36.9 Å². The molecule has 29 heavy (non-hydrogen) atoms. The largest absolute Gasteiger partial charge is 0.357 e. The summed E-state index contributed by atoms with van der Waals surface area (Å²) in [4.78, 5) is 16.4. The van der Waals surface area contributed by atoms with Crippen LogP contribution in [0.25, 0.3) is 0 Å². The van der Waals surface area contributed by atoms with Gasteiger partial charge in [0.15, 0.2) is 0 Å². The summed E-state index contributed by atoms with van der Waals surface area (Å²) in [6.07, 6.45) is 17.1. The van der Waals surface area contributed by atoms with E-state index in [0.29, 0.717) is 12.1 Å². The van der Waals surface area contributed by atoms with Crippen LogP contribution in [-0.4, -0.2) is 34.5 Å². The van der Waals surface area contributed by atoms with Gasteiger partial charge < -0.3 is 15.3 Å². The highest BCUT2D eigenvalue weighted by Gasteiger charge is 2.11. The number of aromatic nitrogens is 2. The molecule has 2 aromatic rings. The first-order valence-corrected chi connectivity index (χ1v) is 11.5. The standard InChI is InChI=1S/C24H35N5/c1-3-7-19(8-4-1)26-17-23-13-11-21(28-23)15-25-16-22-12-14-24(29-22)18-27-20-9-5-2-6-10-20/h11-14,17-20,25,28-29H,1-10,15-16H2. The van der Waals surface area contributed by atoms with E-state index in [2.05, 4.69) is 39.6 Å². The van der Waals surface area contributed by atoms with Crippen molar-refractivity contribution >= 4 is 12.4 Å². The Morgan fingerprint density at radius 3 is 1.59 bits per heavy atom. The van der Waals surface area contributed by atoms with E-state index >= 15 is 0 Å². The molecule has 2 fully saturated rings. The Balaban J connectivity index is 1.19. The van der Waals surface area contributed by atoms with Crippen molar-refractivity contribution < 1.29 is 0 Å². The molecule has 2 saturated carbocycles. The smallest absolute Gasteiger partial charge is 0.0564 e. The molecule has 0 radical (unpaired) electrons. The summed E-state index contributed by atoms with van der Waals surface area (Å²) in [5, 5.41) is 3.50. The van der Waals surface area contributed by atoms with Crippen molar-refractivity contribution in [1.29, 1.82) is 0 Å². The van der Waals surface area contributed by atoms with Crippen LogP contribution in [0.4, 0.5) is 0 Å². The normalized spacial score (nSPS) is 19.6. The number of nitrogens with one attached hydrogen (secondary N) is 3. The van der Waals surface area contributed by atoms with Gasteiger partial charge in [-0.25, -0.2) is 0 Å². The number of hydrogen-bond acceptors (Lipinski definition) is 3. The van der Waals surface area contributed by atoms with Crippen molar-refractivity contribution in [2.24, 2.45) is 9.98 Å². The average Bonchev–Trinajstić information content (AvgIpc) is 3.42. The average molecular weight is 394 g/mol. The van der Waals surface area contributed by atoms with Crippen LogP contribution in [0.2, 0.25) is 0 Å². The monoisotopic (exact) mass is 393 g/mol. The van der Waals surface area contributed by atoms with E-state index in [-0.39, 0.29) is 0 Å². The van der Waals surface area contributed by atoms with Gasteiger partial charge in [0.25, 0.3) is 0 Å². The van der Waals surface area contributed by atoms with Crippen molar-refractivity contribution in [2.75, 3.05) is 0 Å². The Hall–Kier alpha value is -2.14. The van der Waals surface area contributed by atoms with Gasteiger partial charge in [0.05, 0.1) is 23.5 Å². The SMILES string of the molecule is C(=NC1CCCCC1)c1ccc(CNCc2ccc(C=NC3CCCCC3)[nH]2)[nH]1. The lowest BCUT2D eigenvalue weighted by atomic mass is 9.96. The summed E-state index contributed by atoms with van der Waals surface area (Å²) < 4.78 is 0. The molecular formula is C24H35N5. The fraction of sp³-hybridized carbons (Fsp3) is 0.583. The number of hydrogen-bond donors (Lipinski definition) is 3. The molecule has 5 nitrogen and oxygen atoms in total. The number of H-pyrrole nitrogens is 2. The van der Waals surface area contributed by atoms with Crippen molar-refractivity contribution in [1.82, 2.24) is 15.3 Å².